The SMILES string of the molecule is CCC(C)(C)C(=O)OC(C)OC12CC3CC4C5CC(CC1C5)CC42C3. The highest BCUT2D eigenvalue weighted by Gasteiger charge is 2.77. The van der Waals surface area contributed by atoms with E-state index in [-0.39, 0.29) is 11.6 Å². The number of hydrogen-bond donors (Lipinski definition) is 0. The molecule has 8 unspecified atom stereocenters. The Morgan fingerprint density at radius 1 is 1.12 bits per heavy atom. The Labute approximate surface area is 152 Å². The average molecular weight is 347 g/mol. The van der Waals surface area contributed by atoms with Crippen LogP contribution in [0, 0.1) is 40.4 Å². The predicted octanol–water partition coefficient (Wildman–Crippen LogP) is 4.93. The van der Waals surface area contributed by atoms with E-state index >= 15 is 0 Å². The molecule has 6 fully saturated rings. The Bertz CT molecular complexity index is 598. The van der Waals surface area contributed by atoms with Crippen molar-refractivity contribution in [2.75, 3.05) is 0 Å². The van der Waals surface area contributed by atoms with Crippen LogP contribution in [0.4, 0.5) is 0 Å². The van der Waals surface area contributed by atoms with E-state index in [0.29, 0.717) is 11.3 Å². The first-order valence-corrected chi connectivity index (χ1v) is 10.7. The Balaban J connectivity index is 1.39. The second-order valence-corrected chi connectivity index (χ2v) is 10.7. The van der Waals surface area contributed by atoms with Gasteiger partial charge >= 0.3 is 5.97 Å². The van der Waals surface area contributed by atoms with E-state index in [9.17, 15) is 4.79 Å². The van der Waals surface area contributed by atoms with E-state index in [1.54, 1.807) is 0 Å². The van der Waals surface area contributed by atoms with Crippen molar-refractivity contribution in [3.63, 3.8) is 0 Å². The van der Waals surface area contributed by atoms with Gasteiger partial charge in [0.2, 0.25) is 6.29 Å². The van der Waals surface area contributed by atoms with Gasteiger partial charge in [-0.3, -0.25) is 4.79 Å². The number of carbonyl (C=O) groups is 1. The molecule has 3 nitrogen and oxygen atoms in total. The summed E-state index contributed by atoms with van der Waals surface area (Å²) in [5.41, 5.74) is 0.0201. The van der Waals surface area contributed by atoms with Gasteiger partial charge < -0.3 is 9.47 Å². The van der Waals surface area contributed by atoms with Gasteiger partial charge in [-0.05, 0) is 102 Å². The summed E-state index contributed by atoms with van der Waals surface area (Å²) >= 11 is 0. The number of esters is 1. The van der Waals surface area contributed by atoms with E-state index < -0.39 is 11.7 Å². The summed E-state index contributed by atoms with van der Waals surface area (Å²) in [4.78, 5) is 12.5. The van der Waals surface area contributed by atoms with Crippen LogP contribution in [-0.2, 0) is 14.3 Å². The van der Waals surface area contributed by atoms with E-state index in [1.807, 2.05) is 27.7 Å². The van der Waals surface area contributed by atoms with E-state index in [0.717, 1.165) is 30.1 Å². The monoisotopic (exact) mass is 346 g/mol. The molecule has 0 amide bonds. The topological polar surface area (TPSA) is 35.5 Å². The van der Waals surface area contributed by atoms with Crippen LogP contribution in [0.25, 0.3) is 0 Å². The maximum absolute atomic E-state index is 12.5. The number of rotatable bonds is 5. The zero-order valence-electron chi connectivity index (χ0n) is 16.3. The Hall–Kier alpha value is -0.570. The molecule has 0 heterocycles. The molecule has 0 N–H and O–H groups in total. The molecule has 140 valence electrons. The molecule has 0 aromatic heterocycles. The van der Waals surface area contributed by atoms with Crippen molar-refractivity contribution in [1.29, 1.82) is 0 Å². The van der Waals surface area contributed by atoms with Crippen molar-refractivity contribution in [2.45, 2.75) is 91.0 Å². The summed E-state index contributed by atoms with van der Waals surface area (Å²) in [7, 11) is 0. The molecule has 6 aliphatic carbocycles. The maximum Gasteiger partial charge on any atom is 0.313 e. The number of carbonyl (C=O) groups excluding carboxylic acids is 1. The first-order chi connectivity index (χ1) is 11.8. The highest BCUT2D eigenvalue weighted by atomic mass is 16.7. The molecule has 25 heavy (non-hydrogen) atoms. The van der Waals surface area contributed by atoms with Crippen LogP contribution in [0.15, 0.2) is 0 Å². The Morgan fingerprint density at radius 3 is 2.64 bits per heavy atom. The molecule has 0 saturated heterocycles. The van der Waals surface area contributed by atoms with Crippen LogP contribution in [0.5, 0.6) is 0 Å². The molecule has 5 bridgehead atoms. The normalized spacial score (nSPS) is 50.3. The fourth-order valence-corrected chi connectivity index (χ4v) is 8.15. The van der Waals surface area contributed by atoms with Crippen molar-refractivity contribution in [3.05, 3.63) is 0 Å². The van der Waals surface area contributed by atoms with Crippen LogP contribution in [0.2, 0.25) is 0 Å². The standard InChI is InChI=1S/C22H34O3/c1-5-20(3,4)19(23)24-13(2)25-22-12-15-8-18-16-6-14(7-17(22)9-16)10-21(18,22)11-15/h13-18H,5-12H2,1-4H3. The predicted molar refractivity (Wildman–Crippen MR) is 95.6 cm³/mol. The van der Waals surface area contributed by atoms with Crippen molar-refractivity contribution < 1.29 is 14.3 Å². The molecule has 0 radical (unpaired) electrons. The van der Waals surface area contributed by atoms with Gasteiger partial charge in [0.25, 0.3) is 0 Å². The van der Waals surface area contributed by atoms with Gasteiger partial charge in [0.15, 0.2) is 0 Å². The molecule has 6 saturated carbocycles. The van der Waals surface area contributed by atoms with Crippen LogP contribution in [0.3, 0.4) is 0 Å². The summed E-state index contributed by atoms with van der Waals surface area (Å²) < 4.78 is 12.6. The minimum Gasteiger partial charge on any atom is -0.436 e. The second-order valence-electron chi connectivity index (χ2n) is 10.7. The van der Waals surface area contributed by atoms with E-state index in [2.05, 4.69) is 0 Å². The molecule has 0 aromatic carbocycles. The highest BCUT2D eigenvalue weighted by molar-refractivity contribution is 5.75. The summed E-state index contributed by atoms with van der Waals surface area (Å²) in [6.07, 6.45) is 10.1. The van der Waals surface area contributed by atoms with Gasteiger partial charge in [-0.15, -0.1) is 0 Å². The summed E-state index contributed by atoms with van der Waals surface area (Å²) in [5.74, 6) is 4.28. The van der Waals surface area contributed by atoms with E-state index in [1.165, 1.54) is 44.9 Å². The van der Waals surface area contributed by atoms with Crippen molar-refractivity contribution in [3.8, 4) is 0 Å². The van der Waals surface area contributed by atoms with Crippen molar-refractivity contribution in [1.82, 2.24) is 0 Å². The van der Waals surface area contributed by atoms with Gasteiger partial charge in [-0.1, -0.05) is 6.92 Å². The Kier molecular flexibility index (Phi) is 3.34. The van der Waals surface area contributed by atoms with Crippen LogP contribution >= 0.6 is 0 Å². The quantitative estimate of drug-likeness (QED) is 0.523. The molecular weight excluding hydrogens is 312 g/mol. The molecule has 8 atom stereocenters. The Morgan fingerprint density at radius 2 is 1.88 bits per heavy atom. The van der Waals surface area contributed by atoms with Gasteiger partial charge in [-0.2, -0.15) is 0 Å². The molecule has 0 aromatic rings. The van der Waals surface area contributed by atoms with Gasteiger partial charge in [0.05, 0.1) is 11.0 Å². The van der Waals surface area contributed by atoms with Crippen LogP contribution < -0.4 is 0 Å². The third-order valence-electron chi connectivity index (χ3n) is 9.19. The lowest BCUT2D eigenvalue weighted by Crippen LogP contribution is -2.68. The lowest BCUT2D eigenvalue weighted by Gasteiger charge is -2.69. The summed E-state index contributed by atoms with van der Waals surface area (Å²) in [5, 5.41) is 0. The smallest absolute Gasteiger partial charge is 0.313 e. The molecule has 3 heteroatoms. The lowest BCUT2D eigenvalue weighted by molar-refractivity contribution is -0.314. The lowest BCUT2D eigenvalue weighted by atomic mass is 9.39. The fourth-order valence-electron chi connectivity index (χ4n) is 8.15. The first kappa shape index (κ1) is 16.6. The minimum atomic E-state index is -0.422. The zero-order chi connectivity index (χ0) is 17.6. The number of fused-ring (bicyclic) bond motifs is 1. The zero-order valence-corrected chi connectivity index (χ0v) is 16.3. The average Bonchev–Trinajstić information content (AvgIpc) is 3.06. The van der Waals surface area contributed by atoms with Crippen LogP contribution in [0.1, 0.15) is 79.1 Å². The molecule has 0 aliphatic heterocycles. The van der Waals surface area contributed by atoms with Gasteiger partial charge in [0.1, 0.15) is 0 Å². The summed E-state index contributed by atoms with van der Waals surface area (Å²) in [6.45, 7) is 7.94. The van der Waals surface area contributed by atoms with Crippen LogP contribution in [-0.4, -0.2) is 17.9 Å². The van der Waals surface area contributed by atoms with Gasteiger partial charge in [0, 0.05) is 5.41 Å². The third kappa shape index (κ3) is 2.00. The fraction of sp³-hybridized carbons (Fsp3) is 0.955. The molecule has 6 rings (SSSR count). The van der Waals surface area contributed by atoms with E-state index in [4.69, 9.17) is 9.47 Å². The number of hydrogen-bond acceptors (Lipinski definition) is 3. The molecule has 6 aliphatic rings. The van der Waals surface area contributed by atoms with Gasteiger partial charge in [-0.25, -0.2) is 0 Å². The third-order valence-corrected chi connectivity index (χ3v) is 9.19. The maximum atomic E-state index is 12.5. The van der Waals surface area contributed by atoms with Crippen molar-refractivity contribution in [2.24, 2.45) is 40.4 Å². The highest BCUT2D eigenvalue weighted by Crippen LogP contribution is 2.79. The summed E-state index contributed by atoms with van der Waals surface area (Å²) in [6, 6.07) is 0. The molecular formula is C22H34O3. The molecule has 1 spiro atoms. The number of ether oxygens (including phenoxy) is 2. The van der Waals surface area contributed by atoms with Crippen molar-refractivity contribution >= 4 is 5.97 Å². The largest absolute Gasteiger partial charge is 0.436 e. The first-order valence-electron chi connectivity index (χ1n) is 10.7. The second kappa shape index (κ2) is 5.03. The minimum absolute atomic E-state index is 0.0179.